The second-order valence-electron chi connectivity index (χ2n) is 6.82. The summed E-state index contributed by atoms with van der Waals surface area (Å²) in [7, 11) is -2.51. The lowest BCUT2D eigenvalue weighted by Gasteiger charge is -2.30. The summed E-state index contributed by atoms with van der Waals surface area (Å²) in [6, 6.07) is 19.2. The lowest BCUT2D eigenvalue weighted by atomic mass is 10.1. The highest BCUT2D eigenvalue weighted by atomic mass is 32.2. The predicted octanol–water partition coefficient (Wildman–Crippen LogP) is 2.45. The van der Waals surface area contributed by atoms with Crippen LogP contribution in [0.25, 0.3) is 10.8 Å². The molecular weight excluding hydrogens is 390 g/mol. The summed E-state index contributed by atoms with van der Waals surface area (Å²) in [5.74, 6) is -0.795. The second kappa shape index (κ2) is 7.31. The Morgan fingerprint density at radius 3 is 2.52 bits per heavy atom. The molecule has 2 amide bonds. The number of amides is 2. The fourth-order valence-corrected chi connectivity index (χ4v) is 4.48. The topological polar surface area (TPSA) is 86.8 Å². The Kier molecular flexibility index (Phi) is 4.81. The average Bonchev–Trinajstić information content (AvgIpc) is 2.72. The van der Waals surface area contributed by atoms with Gasteiger partial charge >= 0.3 is 0 Å². The summed E-state index contributed by atoms with van der Waals surface area (Å²) in [5, 5.41) is 4.44. The Labute approximate surface area is 168 Å². The number of anilines is 2. The monoisotopic (exact) mass is 409 g/mol. The summed E-state index contributed by atoms with van der Waals surface area (Å²) in [4.78, 5) is 26.2. The van der Waals surface area contributed by atoms with E-state index in [9.17, 15) is 18.0 Å². The van der Waals surface area contributed by atoms with Crippen molar-refractivity contribution in [2.45, 2.75) is 4.90 Å². The molecule has 7 nitrogen and oxygen atoms in total. The van der Waals surface area contributed by atoms with Crippen molar-refractivity contribution in [3.05, 3.63) is 66.7 Å². The third kappa shape index (κ3) is 3.59. The number of fused-ring (bicyclic) bond motifs is 2. The summed E-state index contributed by atoms with van der Waals surface area (Å²) in [5.41, 5.74) is 1.07. The van der Waals surface area contributed by atoms with Crippen molar-refractivity contribution in [2.24, 2.45) is 0 Å². The van der Waals surface area contributed by atoms with Gasteiger partial charge in [-0.25, -0.2) is 8.42 Å². The molecule has 1 heterocycles. The minimum absolute atomic E-state index is 0.114. The van der Waals surface area contributed by atoms with Gasteiger partial charge in [0.25, 0.3) is 0 Å². The maximum absolute atomic E-state index is 13.0. The number of nitrogens with zero attached hydrogens (tertiary/aromatic N) is 2. The first-order chi connectivity index (χ1) is 13.9. The van der Waals surface area contributed by atoms with E-state index >= 15 is 0 Å². The van der Waals surface area contributed by atoms with Crippen molar-refractivity contribution in [3.8, 4) is 0 Å². The number of hydrogen-bond donors (Lipinski definition) is 1. The first-order valence-electron chi connectivity index (χ1n) is 9.01. The van der Waals surface area contributed by atoms with E-state index in [2.05, 4.69) is 5.32 Å². The van der Waals surface area contributed by atoms with Crippen LogP contribution in [0, 0.1) is 0 Å². The van der Waals surface area contributed by atoms with Crippen LogP contribution in [0.5, 0.6) is 0 Å². The smallest absolute Gasteiger partial charge is 0.244 e. The van der Waals surface area contributed by atoms with Crippen LogP contribution in [0.4, 0.5) is 11.4 Å². The second-order valence-corrected chi connectivity index (χ2v) is 8.86. The third-order valence-electron chi connectivity index (χ3n) is 4.86. The first-order valence-corrected chi connectivity index (χ1v) is 10.4. The van der Waals surface area contributed by atoms with E-state index in [-0.39, 0.29) is 23.9 Å². The molecule has 0 saturated heterocycles. The zero-order chi connectivity index (χ0) is 20.6. The van der Waals surface area contributed by atoms with Gasteiger partial charge in [0.1, 0.15) is 6.54 Å². The highest BCUT2D eigenvalue weighted by Crippen LogP contribution is 2.29. The van der Waals surface area contributed by atoms with Gasteiger partial charge in [0.2, 0.25) is 21.8 Å². The average molecular weight is 409 g/mol. The van der Waals surface area contributed by atoms with E-state index in [1.54, 1.807) is 36.4 Å². The number of benzene rings is 3. The van der Waals surface area contributed by atoms with Crippen LogP contribution in [0.2, 0.25) is 0 Å². The van der Waals surface area contributed by atoms with Crippen molar-refractivity contribution in [3.63, 3.8) is 0 Å². The van der Waals surface area contributed by atoms with Crippen LogP contribution in [0.1, 0.15) is 0 Å². The Morgan fingerprint density at radius 2 is 1.72 bits per heavy atom. The fourth-order valence-electron chi connectivity index (χ4n) is 3.32. The molecular formula is C21H19N3O4S. The molecule has 0 aromatic heterocycles. The number of carbonyl (C=O) groups is 2. The van der Waals surface area contributed by atoms with Crippen LogP contribution in [0.3, 0.4) is 0 Å². The number of carbonyl (C=O) groups excluding carboxylic acids is 2. The molecule has 0 radical (unpaired) electrons. The summed E-state index contributed by atoms with van der Waals surface area (Å²) >= 11 is 0. The molecule has 1 N–H and O–H groups in total. The highest BCUT2D eigenvalue weighted by Gasteiger charge is 2.30. The van der Waals surface area contributed by atoms with E-state index in [0.29, 0.717) is 11.4 Å². The number of sulfonamides is 1. The molecule has 3 aromatic rings. The van der Waals surface area contributed by atoms with Crippen LogP contribution in [0.15, 0.2) is 71.6 Å². The quantitative estimate of drug-likeness (QED) is 0.717. The Balaban J connectivity index is 1.59. The summed E-state index contributed by atoms with van der Waals surface area (Å²) in [6.45, 7) is -0.531. The molecule has 0 saturated carbocycles. The van der Waals surface area contributed by atoms with Crippen molar-refractivity contribution < 1.29 is 18.0 Å². The molecule has 0 spiro atoms. The van der Waals surface area contributed by atoms with Gasteiger partial charge in [0.15, 0.2) is 0 Å². The number of rotatable bonds is 4. The van der Waals surface area contributed by atoms with Gasteiger partial charge < -0.3 is 5.32 Å². The van der Waals surface area contributed by atoms with Crippen molar-refractivity contribution in [1.82, 2.24) is 4.31 Å². The molecule has 0 atom stereocenters. The Bertz CT molecular complexity index is 1220. The Morgan fingerprint density at radius 1 is 1.03 bits per heavy atom. The van der Waals surface area contributed by atoms with E-state index in [1.165, 1.54) is 18.0 Å². The molecule has 3 aromatic carbocycles. The molecule has 0 fully saturated rings. The summed E-state index contributed by atoms with van der Waals surface area (Å²) in [6.07, 6.45) is 0. The molecule has 0 bridgehead atoms. The zero-order valence-electron chi connectivity index (χ0n) is 15.7. The van der Waals surface area contributed by atoms with Crippen molar-refractivity contribution >= 4 is 44.0 Å². The van der Waals surface area contributed by atoms with Gasteiger partial charge in [-0.1, -0.05) is 42.5 Å². The molecule has 0 unspecified atom stereocenters. The van der Waals surface area contributed by atoms with Gasteiger partial charge in [0, 0.05) is 7.05 Å². The first kappa shape index (κ1) is 19.1. The molecule has 8 heteroatoms. The number of nitrogens with one attached hydrogen (secondary N) is 1. The molecule has 148 valence electrons. The lowest BCUT2D eigenvalue weighted by Crippen LogP contribution is -2.46. The molecule has 29 heavy (non-hydrogen) atoms. The van der Waals surface area contributed by atoms with E-state index in [1.807, 2.05) is 24.3 Å². The SMILES string of the molecule is CN(CC(=O)N1CC(=O)Nc2ccccc21)S(=O)(=O)c1ccc2ccccc2c1. The number of hydrogen-bond acceptors (Lipinski definition) is 4. The third-order valence-corrected chi connectivity index (χ3v) is 6.66. The van der Waals surface area contributed by atoms with Crippen molar-refractivity contribution in [2.75, 3.05) is 30.4 Å². The normalized spacial score (nSPS) is 14.0. The van der Waals surface area contributed by atoms with E-state index < -0.39 is 15.9 Å². The van der Waals surface area contributed by atoms with E-state index in [0.717, 1.165) is 15.1 Å². The molecule has 1 aliphatic rings. The van der Waals surface area contributed by atoms with Gasteiger partial charge in [0.05, 0.1) is 22.8 Å². The van der Waals surface area contributed by atoms with Crippen LogP contribution in [-0.4, -0.2) is 44.7 Å². The van der Waals surface area contributed by atoms with Crippen molar-refractivity contribution in [1.29, 1.82) is 0 Å². The van der Waals surface area contributed by atoms with Gasteiger partial charge in [-0.2, -0.15) is 4.31 Å². The number of para-hydroxylation sites is 2. The van der Waals surface area contributed by atoms with Crippen LogP contribution >= 0.6 is 0 Å². The largest absolute Gasteiger partial charge is 0.323 e. The fraction of sp³-hybridized carbons (Fsp3) is 0.143. The molecule has 0 aliphatic carbocycles. The number of likely N-dealkylation sites (N-methyl/N-ethyl adjacent to an activating group) is 1. The highest BCUT2D eigenvalue weighted by molar-refractivity contribution is 7.89. The van der Waals surface area contributed by atoms with Gasteiger partial charge in [-0.3, -0.25) is 14.5 Å². The maximum Gasteiger partial charge on any atom is 0.244 e. The van der Waals surface area contributed by atoms with Crippen LogP contribution in [-0.2, 0) is 19.6 Å². The minimum atomic E-state index is -3.87. The minimum Gasteiger partial charge on any atom is -0.323 e. The van der Waals surface area contributed by atoms with Gasteiger partial charge in [-0.15, -0.1) is 0 Å². The zero-order valence-corrected chi connectivity index (χ0v) is 16.5. The molecule has 4 rings (SSSR count). The Hall–Kier alpha value is -3.23. The lowest BCUT2D eigenvalue weighted by molar-refractivity contribution is -0.121. The molecule has 1 aliphatic heterocycles. The van der Waals surface area contributed by atoms with Gasteiger partial charge in [-0.05, 0) is 35.0 Å². The predicted molar refractivity (Wildman–Crippen MR) is 111 cm³/mol. The standard InChI is InChI=1S/C21H19N3O4S/c1-23(29(27,28)17-11-10-15-6-2-3-7-16(15)12-17)14-21(26)24-13-20(25)22-18-8-4-5-9-19(18)24/h2-12H,13-14H2,1H3,(H,22,25). The summed E-state index contributed by atoms with van der Waals surface area (Å²) < 4.78 is 27.0. The maximum atomic E-state index is 13.0. The van der Waals surface area contributed by atoms with E-state index in [4.69, 9.17) is 0 Å². The van der Waals surface area contributed by atoms with Crippen LogP contribution < -0.4 is 10.2 Å².